The summed E-state index contributed by atoms with van der Waals surface area (Å²) in [5.41, 5.74) is 0.860. The van der Waals surface area contributed by atoms with E-state index in [1.807, 2.05) is 45.0 Å². The molecule has 2 rings (SSSR count). The van der Waals surface area contributed by atoms with E-state index in [0.717, 1.165) is 16.5 Å². The van der Waals surface area contributed by atoms with Gasteiger partial charge in [0.15, 0.2) is 0 Å². The number of ether oxygens (including phenoxy) is 1. The second-order valence-corrected chi connectivity index (χ2v) is 7.60. The van der Waals surface area contributed by atoms with Crippen LogP contribution in [0.25, 0.3) is 11.4 Å². The molecular formula is C19H26BrN3O4. The zero-order valence-electron chi connectivity index (χ0n) is 15.8. The smallest absolute Gasteiger partial charge is 0.305 e. The van der Waals surface area contributed by atoms with Crippen LogP contribution in [0.2, 0.25) is 0 Å². The monoisotopic (exact) mass is 439 g/mol. The fraction of sp³-hybridized carbons (Fsp3) is 0.526. The van der Waals surface area contributed by atoms with Crippen molar-refractivity contribution in [3.8, 4) is 11.4 Å². The Labute approximate surface area is 167 Å². The van der Waals surface area contributed by atoms with E-state index >= 15 is 0 Å². The van der Waals surface area contributed by atoms with Crippen LogP contribution in [0.1, 0.15) is 45.5 Å². The van der Waals surface area contributed by atoms with Gasteiger partial charge in [-0.25, -0.2) is 0 Å². The Kier molecular flexibility index (Phi) is 8.40. The van der Waals surface area contributed by atoms with E-state index in [-0.39, 0.29) is 31.1 Å². The van der Waals surface area contributed by atoms with Crippen molar-refractivity contribution >= 4 is 21.9 Å². The van der Waals surface area contributed by atoms with E-state index < -0.39 is 6.10 Å². The number of benzene rings is 1. The largest absolute Gasteiger partial charge is 0.463 e. The Morgan fingerprint density at radius 1 is 1.33 bits per heavy atom. The molecule has 0 saturated carbocycles. The predicted molar refractivity (Wildman–Crippen MR) is 105 cm³/mol. The van der Waals surface area contributed by atoms with Gasteiger partial charge in [-0.05, 0) is 36.6 Å². The summed E-state index contributed by atoms with van der Waals surface area (Å²) in [6, 6.07) is 7.43. The third-order valence-corrected chi connectivity index (χ3v) is 4.47. The second kappa shape index (κ2) is 10.5. The molecule has 2 atom stereocenters. The van der Waals surface area contributed by atoms with Crippen LogP contribution >= 0.6 is 15.9 Å². The van der Waals surface area contributed by atoms with Crippen LogP contribution in [0, 0.1) is 5.92 Å². The van der Waals surface area contributed by atoms with Crippen LogP contribution in [-0.4, -0.2) is 40.5 Å². The lowest BCUT2D eigenvalue weighted by molar-refractivity contribution is -0.146. The van der Waals surface area contributed by atoms with E-state index in [4.69, 9.17) is 9.26 Å². The van der Waals surface area contributed by atoms with E-state index in [1.165, 1.54) is 0 Å². The number of aromatic nitrogens is 2. The van der Waals surface area contributed by atoms with Crippen LogP contribution in [-0.2, 0) is 9.53 Å². The fourth-order valence-electron chi connectivity index (χ4n) is 2.47. The molecule has 0 spiro atoms. The van der Waals surface area contributed by atoms with Gasteiger partial charge in [-0.15, -0.1) is 0 Å². The third kappa shape index (κ3) is 6.71. The number of nitrogens with zero attached hydrogens (tertiary/aromatic N) is 2. The lowest BCUT2D eigenvalue weighted by atomic mass is 10.0. The quantitative estimate of drug-likeness (QED) is 0.546. The van der Waals surface area contributed by atoms with Gasteiger partial charge in [0.2, 0.25) is 11.7 Å². The first-order valence-electron chi connectivity index (χ1n) is 9.07. The summed E-state index contributed by atoms with van der Waals surface area (Å²) in [4.78, 5) is 15.9. The van der Waals surface area contributed by atoms with Crippen molar-refractivity contribution in [2.24, 2.45) is 5.92 Å². The maximum Gasteiger partial charge on any atom is 0.305 e. The average molecular weight is 440 g/mol. The van der Waals surface area contributed by atoms with Crippen LogP contribution in [0.4, 0.5) is 0 Å². The van der Waals surface area contributed by atoms with Gasteiger partial charge in [0, 0.05) is 23.0 Å². The Morgan fingerprint density at radius 3 is 2.67 bits per heavy atom. The van der Waals surface area contributed by atoms with Crippen molar-refractivity contribution in [3.05, 3.63) is 34.6 Å². The summed E-state index contributed by atoms with van der Waals surface area (Å²) >= 11 is 3.40. The maximum atomic E-state index is 11.4. The molecule has 0 unspecified atom stereocenters. The molecule has 0 radical (unpaired) electrons. The van der Waals surface area contributed by atoms with Gasteiger partial charge in [0.1, 0.15) is 12.7 Å². The number of carbonyl (C=O) groups is 1. The highest BCUT2D eigenvalue weighted by atomic mass is 79.9. The van der Waals surface area contributed by atoms with Gasteiger partial charge in [-0.2, -0.15) is 4.98 Å². The number of nitrogens with one attached hydrogen (secondary N) is 1. The molecule has 27 heavy (non-hydrogen) atoms. The number of hydrogen-bond acceptors (Lipinski definition) is 7. The fourth-order valence-corrected chi connectivity index (χ4v) is 2.74. The number of rotatable bonds is 10. The topological polar surface area (TPSA) is 97.5 Å². The molecule has 0 aliphatic rings. The highest BCUT2D eigenvalue weighted by Gasteiger charge is 2.23. The summed E-state index contributed by atoms with van der Waals surface area (Å²) in [5, 5.41) is 17.3. The Hall–Kier alpha value is -1.77. The minimum Gasteiger partial charge on any atom is -0.463 e. The third-order valence-electron chi connectivity index (χ3n) is 3.94. The number of hydrogen-bond donors (Lipinski definition) is 2. The first kappa shape index (κ1) is 21.5. The molecule has 0 fully saturated rings. The average Bonchev–Trinajstić information content (AvgIpc) is 3.10. The molecular weight excluding hydrogens is 414 g/mol. The lowest BCUT2D eigenvalue weighted by Crippen LogP contribution is -2.35. The Bertz CT molecular complexity index is 718. The van der Waals surface area contributed by atoms with Crippen molar-refractivity contribution in [1.29, 1.82) is 0 Å². The molecule has 148 valence electrons. The normalized spacial score (nSPS) is 13.6. The minimum absolute atomic E-state index is 0.0371. The van der Waals surface area contributed by atoms with Crippen molar-refractivity contribution in [3.63, 3.8) is 0 Å². The van der Waals surface area contributed by atoms with E-state index in [2.05, 4.69) is 31.4 Å². The summed E-state index contributed by atoms with van der Waals surface area (Å²) in [7, 11) is 0. The predicted octanol–water partition coefficient (Wildman–Crippen LogP) is 3.49. The van der Waals surface area contributed by atoms with E-state index in [0.29, 0.717) is 18.1 Å². The number of aliphatic hydroxyl groups is 1. The van der Waals surface area contributed by atoms with Crippen LogP contribution in [0.5, 0.6) is 0 Å². The van der Waals surface area contributed by atoms with Crippen molar-refractivity contribution in [1.82, 2.24) is 15.5 Å². The Morgan fingerprint density at radius 2 is 2.04 bits per heavy atom. The standard InChI is InChI=1S/C19H26BrN3O4/c1-4-5-16(25)26-11-15(24)10-21-17(12(2)3)19-22-18(23-27-19)13-6-8-14(20)9-7-13/h6-9,12,15,17,21,24H,4-5,10-11H2,1-3H3/t15-,17-/m0/s1. The summed E-state index contributed by atoms with van der Waals surface area (Å²) in [6.45, 7) is 6.16. The van der Waals surface area contributed by atoms with Gasteiger partial charge in [-0.3, -0.25) is 4.79 Å². The molecule has 0 aliphatic carbocycles. The van der Waals surface area contributed by atoms with Crippen LogP contribution < -0.4 is 5.32 Å². The van der Waals surface area contributed by atoms with Gasteiger partial charge in [0.05, 0.1) is 6.04 Å². The zero-order valence-corrected chi connectivity index (χ0v) is 17.4. The first-order valence-corrected chi connectivity index (χ1v) is 9.86. The summed E-state index contributed by atoms with van der Waals surface area (Å²) < 4.78 is 11.4. The molecule has 0 amide bonds. The minimum atomic E-state index is -0.805. The van der Waals surface area contributed by atoms with E-state index in [1.54, 1.807) is 0 Å². The Balaban J connectivity index is 1.95. The number of aliphatic hydroxyl groups excluding tert-OH is 1. The summed E-state index contributed by atoms with van der Waals surface area (Å²) in [5.74, 6) is 0.836. The van der Waals surface area contributed by atoms with Crippen LogP contribution in [0.15, 0.2) is 33.3 Å². The van der Waals surface area contributed by atoms with Crippen molar-refractivity contribution in [2.75, 3.05) is 13.2 Å². The highest BCUT2D eigenvalue weighted by molar-refractivity contribution is 9.10. The van der Waals surface area contributed by atoms with Gasteiger partial charge in [-0.1, -0.05) is 41.9 Å². The number of halogens is 1. The zero-order chi connectivity index (χ0) is 19.8. The second-order valence-electron chi connectivity index (χ2n) is 6.68. The van der Waals surface area contributed by atoms with Crippen molar-refractivity contribution in [2.45, 2.75) is 45.8 Å². The number of esters is 1. The number of carbonyl (C=O) groups excluding carboxylic acids is 1. The highest BCUT2D eigenvalue weighted by Crippen LogP contribution is 2.24. The molecule has 2 aromatic rings. The molecule has 1 heterocycles. The molecule has 0 saturated heterocycles. The first-order chi connectivity index (χ1) is 12.9. The van der Waals surface area contributed by atoms with Gasteiger partial charge >= 0.3 is 5.97 Å². The van der Waals surface area contributed by atoms with Gasteiger partial charge < -0.3 is 19.7 Å². The molecule has 0 aliphatic heterocycles. The van der Waals surface area contributed by atoms with E-state index in [9.17, 15) is 9.90 Å². The van der Waals surface area contributed by atoms with Crippen LogP contribution in [0.3, 0.4) is 0 Å². The van der Waals surface area contributed by atoms with Crippen molar-refractivity contribution < 1.29 is 19.2 Å². The lowest BCUT2D eigenvalue weighted by Gasteiger charge is -2.20. The molecule has 2 N–H and O–H groups in total. The SMILES string of the molecule is CCCC(=O)OC[C@@H](O)CN[C@H](c1nc(-c2ccc(Br)cc2)no1)C(C)C. The maximum absolute atomic E-state index is 11.4. The van der Waals surface area contributed by atoms with Gasteiger partial charge in [0.25, 0.3) is 0 Å². The molecule has 0 bridgehead atoms. The molecule has 8 heteroatoms. The molecule has 1 aromatic heterocycles. The summed E-state index contributed by atoms with van der Waals surface area (Å²) in [6.07, 6.45) is 0.275. The molecule has 1 aromatic carbocycles. The molecule has 7 nitrogen and oxygen atoms in total.